The first-order chi connectivity index (χ1) is 14.0. The van der Waals surface area contributed by atoms with E-state index >= 15 is 0 Å². The first-order valence-corrected chi connectivity index (χ1v) is 9.40. The highest BCUT2D eigenvalue weighted by molar-refractivity contribution is 6.15. The Morgan fingerprint density at radius 1 is 1.14 bits per heavy atom. The van der Waals surface area contributed by atoms with E-state index in [0.29, 0.717) is 11.4 Å². The minimum atomic E-state index is -1.45. The number of hydrogen-bond acceptors (Lipinski definition) is 4. The predicted molar refractivity (Wildman–Crippen MR) is 111 cm³/mol. The molecule has 2 aromatic carbocycles. The van der Waals surface area contributed by atoms with Crippen LogP contribution in [-0.4, -0.2) is 21.5 Å². The van der Waals surface area contributed by atoms with Crippen molar-refractivity contribution < 1.29 is 9.59 Å². The number of nitrogens with zero attached hydrogens (tertiary/aromatic N) is 3. The molecule has 1 atom stereocenters. The van der Waals surface area contributed by atoms with E-state index in [4.69, 9.17) is 0 Å². The summed E-state index contributed by atoms with van der Waals surface area (Å²) in [7, 11) is 0. The summed E-state index contributed by atoms with van der Waals surface area (Å²) in [6.45, 7) is 5.74. The van der Waals surface area contributed by atoms with E-state index in [1.165, 1.54) is 6.20 Å². The highest BCUT2D eigenvalue weighted by atomic mass is 16.2. The molecule has 146 valence electrons. The van der Waals surface area contributed by atoms with Crippen molar-refractivity contribution in [1.29, 1.82) is 5.26 Å². The minimum Gasteiger partial charge on any atom is -0.325 e. The Morgan fingerprint density at radius 3 is 2.45 bits per heavy atom. The number of anilines is 1. The molecule has 0 aliphatic heterocycles. The largest absolute Gasteiger partial charge is 0.325 e. The number of rotatable bonds is 6. The topological polar surface area (TPSA) is 87.8 Å². The lowest BCUT2D eigenvalue weighted by Crippen LogP contribution is -2.29. The fourth-order valence-electron chi connectivity index (χ4n) is 3.13. The summed E-state index contributed by atoms with van der Waals surface area (Å²) >= 11 is 0. The number of carbonyl (C=O) groups is 2. The molecule has 0 fully saturated rings. The van der Waals surface area contributed by atoms with Gasteiger partial charge in [-0.2, -0.15) is 10.4 Å². The van der Waals surface area contributed by atoms with Crippen LogP contribution in [0.25, 0.3) is 5.69 Å². The third-order valence-electron chi connectivity index (χ3n) is 4.90. The van der Waals surface area contributed by atoms with Crippen LogP contribution in [0, 0.1) is 31.1 Å². The van der Waals surface area contributed by atoms with E-state index < -0.39 is 17.6 Å². The van der Waals surface area contributed by atoms with Gasteiger partial charge in [0.05, 0.1) is 29.2 Å². The number of nitriles is 1. The van der Waals surface area contributed by atoms with Crippen molar-refractivity contribution in [3.63, 3.8) is 0 Å². The van der Waals surface area contributed by atoms with E-state index in [-0.39, 0.29) is 5.56 Å². The van der Waals surface area contributed by atoms with Crippen LogP contribution in [0.1, 0.15) is 34.1 Å². The Morgan fingerprint density at radius 2 is 1.83 bits per heavy atom. The first-order valence-electron chi connectivity index (χ1n) is 9.40. The van der Waals surface area contributed by atoms with E-state index in [2.05, 4.69) is 10.4 Å². The molecule has 1 heterocycles. The van der Waals surface area contributed by atoms with Gasteiger partial charge in [-0.15, -0.1) is 0 Å². The summed E-state index contributed by atoms with van der Waals surface area (Å²) in [4.78, 5) is 25.5. The lowest BCUT2D eigenvalue weighted by atomic mass is 9.98. The molecule has 0 saturated heterocycles. The molecule has 1 aromatic heterocycles. The van der Waals surface area contributed by atoms with Gasteiger partial charge in [-0.1, -0.05) is 37.3 Å². The number of carbonyl (C=O) groups excluding carboxylic acids is 2. The van der Waals surface area contributed by atoms with E-state index in [1.54, 1.807) is 23.7 Å². The molecule has 29 heavy (non-hydrogen) atoms. The average molecular weight is 386 g/mol. The van der Waals surface area contributed by atoms with Gasteiger partial charge in [0, 0.05) is 5.69 Å². The van der Waals surface area contributed by atoms with Crippen LogP contribution < -0.4 is 5.32 Å². The molecule has 0 aliphatic rings. The highest BCUT2D eigenvalue weighted by Crippen LogP contribution is 2.21. The van der Waals surface area contributed by atoms with Gasteiger partial charge in [-0.3, -0.25) is 9.59 Å². The summed E-state index contributed by atoms with van der Waals surface area (Å²) in [6.07, 6.45) is 2.30. The average Bonchev–Trinajstić information content (AvgIpc) is 3.10. The number of nitrogens with one attached hydrogen (secondary N) is 1. The van der Waals surface area contributed by atoms with Gasteiger partial charge in [-0.05, 0) is 49.6 Å². The second kappa shape index (κ2) is 8.53. The normalized spacial score (nSPS) is 11.5. The zero-order valence-electron chi connectivity index (χ0n) is 16.6. The van der Waals surface area contributed by atoms with Gasteiger partial charge in [0.15, 0.2) is 11.7 Å². The van der Waals surface area contributed by atoms with E-state index in [1.807, 2.05) is 56.3 Å². The van der Waals surface area contributed by atoms with Crippen molar-refractivity contribution in [1.82, 2.24) is 9.78 Å². The third-order valence-corrected chi connectivity index (χ3v) is 4.90. The summed E-state index contributed by atoms with van der Waals surface area (Å²) in [5.74, 6) is -2.66. The Balaban J connectivity index is 1.83. The molecule has 6 nitrogen and oxygen atoms in total. The van der Waals surface area contributed by atoms with Gasteiger partial charge in [-0.25, -0.2) is 4.68 Å². The SMILES string of the molecule is CCc1ccc(NC(=O)C(C#N)C(=O)c2cnn(-c3ccccc3C)c2C)cc1. The summed E-state index contributed by atoms with van der Waals surface area (Å²) in [6, 6.07) is 16.8. The third kappa shape index (κ3) is 4.09. The molecule has 6 heteroatoms. The molecule has 3 rings (SSSR count). The van der Waals surface area contributed by atoms with E-state index in [0.717, 1.165) is 23.2 Å². The van der Waals surface area contributed by atoms with Gasteiger partial charge >= 0.3 is 0 Å². The van der Waals surface area contributed by atoms with Crippen molar-refractivity contribution in [3.05, 3.63) is 77.1 Å². The molecule has 1 unspecified atom stereocenters. The number of para-hydroxylation sites is 1. The maximum atomic E-state index is 12.9. The zero-order valence-corrected chi connectivity index (χ0v) is 16.6. The number of hydrogen-bond donors (Lipinski definition) is 1. The zero-order chi connectivity index (χ0) is 21.0. The molecule has 1 N–H and O–H groups in total. The van der Waals surface area contributed by atoms with Crippen LogP contribution >= 0.6 is 0 Å². The number of amides is 1. The Bertz CT molecular complexity index is 1090. The highest BCUT2D eigenvalue weighted by Gasteiger charge is 2.30. The van der Waals surface area contributed by atoms with Gasteiger partial charge < -0.3 is 5.32 Å². The van der Waals surface area contributed by atoms with Crippen molar-refractivity contribution in [3.8, 4) is 11.8 Å². The predicted octanol–water partition coefficient (Wildman–Crippen LogP) is 4.01. The molecule has 0 radical (unpaired) electrons. The lowest BCUT2D eigenvalue weighted by Gasteiger charge is -2.11. The van der Waals surface area contributed by atoms with Crippen molar-refractivity contribution in [2.45, 2.75) is 27.2 Å². The van der Waals surface area contributed by atoms with Crippen molar-refractivity contribution >= 4 is 17.4 Å². The lowest BCUT2D eigenvalue weighted by molar-refractivity contribution is -0.117. The fourth-order valence-corrected chi connectivity index (χ4v) is 3.13. The van der Waals surface area contributed by atoms with Gasteiger partial charge in [0.25, 0.3) is 0 Å². The standard InChI is InChI=1S/C23H22N4O2/c1-4-17-9-11-18(12-10-17)26-23(29)19(13-24)22(28)20-14-25-27(16(20)3)21-8-6-5-7-15(21)2/h5-12,14,19H,4H2,1-3H3,(H,26,29). The summed E-state index contributed by atoms with van der Waals surface area (Å²) in [5, 5.41) is 16.4. The number of benzene rings is 2. The molecule has 0 bridgehead atoms. The fraction of sp³-hybridized carbons (Fsp3) is 0.217. The number of aromatic nitrogens is 2. The first kappa shape index (κ1) is 20.0. The molecule has 0 spiro atoms. The maximum absolute atomic E-state index is 12.9. The van der Waals surface area contributed by atoms with Crippen LogP contribution in [-0.2, 0) is 11.2 Å². The number of aryl methyl sites for hydroxylation is 2. The van der Waals surface area contributed by atoms with Crippen LogP contribution in [0.15, 0.2) is 54.7 Å². The summed E-state index contributed by atoms with van der Waals surface area (Å²) < 4.78 is 1.65. The van der Waals surface area contributed by atoms with Gasteiger partial charge in [0.2, 0.25) is 5.91 Å². The van der Waals surface area contributed by atoms with Crippen LogP contribution in [0.3, 0.4) is 0 Å². The van der Waals surface area contributed by atoms with Crippen molar-refractivity contribution in [2.24, 2.45) is 5.92 Å². The van der Waals surface area contributed by atoms with Crippen LogP contribution in [0.2, 0.25) is 0 Å². The minimum absolute atomic E-state index is 0.260. The molecular weight excluding hydrogens is 364 g/mol. The Labute approximate surface area is 169 Å². The van der Waals surface area contributed by atoms with E-state index in [9.17, 15) is 14.9 Å². The second-order valence-electron chi connectivity index (χ2n) is 6.81. The number of Topliss-reactive ketones (excluding diaryl/α,β-unsaturated/α-hetero) is 1. The Hall–Kier alpha value is -3.72. The second-order valence-corrected chi connectivity index (χ2v) is 6.81. The molecule has 1 amide bonds. The molecule has 3 aromatic rings. The monoisotopic (exact) mass is 386 g/mol. The molecule has 0 aliphatic carbocycles. The Kier molecular flexibility index (Phi) is 5.89. The van der Waals surface area contributed by atoms with Gasteiger partial charge in [0.1, 0.15) is 0 Å². The van der Waals surface area contributed by atoms with Crippen molar-refractivity contribution in [2.75, 3.05) is 5.32 Å². The van der Waals surface area contributed by atoms with Crippen LogP contribution in [0.4, 0.5) is 5.69 Å². The molecular formula is C23H22N4O2. The molecule has 0 saturated carbocycles. The number of ketones is 1. The van der Waals surface area contributed by atoms with Crippen LogP contribution in [0.5, 0.6) is 0 Å². The maximum Gasteiger partial charge on any atom is 0.249 e. The summed E-state index contributed by atoms with van der Waals surface area (Å²) in [5.41, 5.74) is 4.38. The quantitative estimate of drug-likeness (QED) is 0.512. The smallest absolute Gasteiger partial charge is 0.249 e.